The molecule has 0 aliphatic carbocycles. The van der Waals surface area contributed by atoms with Gasteiger partial charge in [0.1, 0.15) is 11.5 Å². The summed E-state index contributed by atoms with van der Waals surface area (Å²) < 4.78 is 14.7. The molecule has 106 valence electrons. The summed E-state index contributed by atoms with van der Waals surface area (Å²) in [7, 11) is 1.65. The van der Waals surface area contributed by atoms with Crippen LogP contribution in [0.1, 0.15) is 23.0 Å². The van der Waals surface area contributed by atoms with Crippen LogP contribution < -0.4 is 5.73 Å². The molecular formula is C14H17FN4O. The fraction of sp³-hybridized carbons (Fsp3) is 0.286. The molecule has 0 aliphatic rings. The molecule has 0 spiro atoms. The molecule has 0 bridgehead atoms. The molecule has 1 aromatic heterocycles. The van der Waals surface area contributed by atoms with Crippen molar-refractivity contribution >= 4 is 11.6 Å². The second kappa shape index (κ2) is 5.73. The third kappa shape index (κ3) is 2.79. The van der Waals surface area contributed by atoms with Gasteiger partial charge in [0.15, 0.2) is 0 Å². The number of rotatable bonds is 4. The minimum Gasteiger partial charge on any atom is -0.396 e. The van der Waals surface area contributed by atoms with Crippen LogP contribution in [0.25, 0.3) is 0 Å². The number of benzene rings is 1. The molecule has 0 saturated heterocycles. The molecule has 0 radical (unpaired) electrons. The highest BCUT2D eigenvalue weighted by molar-refractivity contribution is 5.97. The number of nitrogen functional groups attached to an aromatic ring is 1. The topological polar surface area (TPSA) is 64.2 Å². The van der Waals surface area contributed by atoms with Gasteiger partial charge in [-0.3, -0.25) is 9.48 Å². The van der Waals surface area contributed by atoms with Crippen LogP contribution in [0.2, 0.25) is 0 Å². The molecule has 2 rings (SSSR count). The molecule has 1 amide bonds. The standard InChI is InChI=1S/C14H17FN4O/c1-3-19-13(12(16)8-17-19)14(20)18(2)9-10-5-4-6-11(15)7-10/h4-8H,3,9,16H2,1-2H3. The number of aromatic nitrogens is 2. The molecule has 0 unspecified atom stereocenters. The molecule has 0 aliphatic heterocycles. The quantitative estimate of drug-likeness (QED) is 0.927. The monoisotopic (exact) mass is 276 g/mol. The summed E-state index contributed by atoms with van der Waals surface area (Å²) in [4.78, 5) is 13.9. The maximum absolute atomic E-state index is 13.1. The Morgan fingerprint density at radius 2 is 2.25 bits per heavy atom. The largest absolute Gasteiger partial charge is 0.396 e. The first-order valence-electron chi connectivity index (χ1n) is 6.34. The highest BCUT2D eigenvalue weighted by Crippen LogP contribution is 2.15. The van der Waals surface area contributed by atoms with Gasteiger partial charge in [0.25, 0.3) is 5.91 Å². The summed E-state index contributed by atoms with van der Waals surface area (Å²) in [5.41, 5.74) is 7.22. The molecule has 2 N–H and O–H groups in total. The Bertz CT molecular complexity index is 623. The zero-order valence-electron chi connectivity index (χ0n) is 11.5. The Labute approximate surface area is 116 Å². The number of hydrogen-bond donors (Lipinski definition) is 1. The highest BCUT2D eigenvalue weighted by atomic mass is 19.1. The Morgan fingerprint density at radius 3 is 2.90 bits per heavy atom. The molecule has 0 saturated carbocycles. The van der Waals surface area contributed by atoms with Crippen LogP contribution in [0.15, 0.2) is 30.5 Å². The molecule has 0 fully saturated rings. The van der Waals surface area contributed by atoms with E-state index >= 15 is 0 Å². The van der Waals surface area contributed by atoms with Gasteiger partial charge in [0, 0.05) is 20.1 Å². The van der Waals surface area contributed by atoms with Gasteiger partial charge in [-0.25, -0.2) is 4.39 Å². The van der Waals surface area contributed by atoms with E-state index in [0.717, 1.165) is 5.56 Å². The van der Waals surface area contributed by atoms with Crippen LogP contribution in [-0.4, -0.2) is 27.6 Å². The minimum atomic E-state index is -0.318. The van der Waals surface area contributed by atoms with E-state index < -0.39 is 0 Å². The van der Waals surface area contributed by atoms with E-state index in [1.54, 1.807) is 23.9 Å². The predicted molar refractivity (Wildman–Crippen MR) is 74.5 cm³/mol. The average molecular weight is 276 g/mol. The van der Waals surface area contributed by atoms with Crippen molar-refractivity contribution in [2.24, 2.45) is 0 Å². The van der Waals surface area contributed by atoms with Gasteiger partial charge in [-0.1, -0.05) is 12.1 Å². The van der Waals surface area contributed by atoms with Crippen LogP contribution in [0.4, 0.5) is 10.1 Å². The first kappa shape index (κ1) is 14.0. The zero-order valence-corrected chi connectivity index (χ0v) is 11.5. The number of halogens is 1. The van der Waals surface area contributed by atoms with E-state index in [2.05, 4.69) is 5.10 Å². The Kier molecular flexibility index (Phi) is 4.02. The molecule has 5 nitrogen and oxygen atoms in total. The van der Waals surface area contributed by atoms with E-state index in [4.69, 9.17) is 5.73 Å². The van der Waals surface area contributed by atoms with Gasteiger partial charge in [0.05, 0.1) is 11.9 Å². The number of nitrogens with zero attached hydrogens (tertiary/aromatic N) is 3. The van der Waals surface area contributed by atoms with Crippen LogP contribution in [0.5, 0.6) is 0 Å². The summed E-state index contributed by atoms with van der Waals surface area (Å²) in [6, 6.07) is 6.17. The Hall–Kier alpha value is -2.37. The van der Waals surface area contributed by atoms with Gasteiger partial charge in [0.2, 0.25) is 0 Å². The van der Waals surface area contributed by atoms with E-state index in [9.17, 15) is 9.18 Å². The fourth-order valence-corrected chi connectivity index (χ4v) is 2.04. The molecular weight excluding hydrogens is 259 g/mol. The first-order valence-corrected chi connectivity index (χ1v) is 6.34. The van der Waals surface area contributed by atoms with Crippen molar-refractivity contribution in [3.8, 4) is 0 Å². The smallest absolute Gasteiger partial charge is 0.274 e. The van der Waals surface area contributed by atoms with Crippen LogP contribution in [-0.2, 0) is 13.1 Å². The maximum atomic E-state index is 13.1. The van der Waals surface area contributed by atoms with Crippen molar-refractivity contribution < 1.29 is 9.18 Å². The molecule has 1 aromatic carbocycles. The van der Waals surface area contributed by atoms with E-state index in [0.29, 0.717) is 24.5 Å². The molecule has 1 heterocycles. The van der Waals surface area contributed by atoms with Crippen LogP contribution in [0.3, 0.4) is 0 Å². The highest BCUT2D eigenvalue weighted by Gasteiger charge is 2.20. The number of anilines is 1. The summed E-state index contributed by atoms with van der Waals surface area (Å²) >= 11 is 0. The SMILES string of the molecule is CCn1ncc(N)c1C(=O)N(C)Cc1cccc(F)c1. The molecule has 2 aromatic rings. The van der Waals surface area contributed by atoms with Crippen molar-refractivity contribution in [3.05, 3.63) is 47.5 Å². The van der Waals surface area contributed by atoms with Gasteiger partial charge >= 0.3 is 0 Å². The van der Waals surface area contributed by atoms with Crippen molar-refractivity contribution in [2.75, 3.05) is 12.8 Å². The number of amides is 1. The van der Waals surface area contributed by atoms with Gasteiger partial charge < -0.3 is 10.6 Å². The lowest BCUT2D eigenvalue weighted by atomic mass is 10.2. The summed E-state index contributed by atoms with van der Waals surface area (Å²) in [5.74, 6) is -0.549. The molecule has 0 atom stereocenters. The second-order valence-corrected chi connectivity index (χ2v) is 4.56. The number of carbonyl (C=O) groups is 1. The van der Waals surface area contributed by atoms with Crippen LogP contribution >= 0.6 is 0 Å². The Balaban J connectivity index is 2.18. The van der Waals surface area contributed by atoms with Crippen LogP contribution in [0, 0.1) is 5.82 Å². The predicted octanol–water partition coefficient (Wildman–Crippen LogP) is 1.90. The molecule has 20 heavy (non-hydrogen) atoms. The van der Waals surface area contributed by atoms with Crippen molar-refractivity contribution in [1.29, 1.82) is 0 Å². The number of aryl methyl sites for hydroxylation is 1. The van der Waals surface area contributed by atoms with Gasteiger partial charge in [-0.2, -0.15) is 5.10 Å². The third-order valence-electron chi connectivity index (χ3n) is 3.03. The van der Waals surface area contributed by atoms with E-state index in [-0.39, 0.29) is 11.7 Å². The number of hydrogen-bond acceptors (Lipinski definition) is 3. The summed E-state index contributed by atoms with van der Waals surface area (Å²) in [6.07, 6.45) is 1.47. The number of nitrogens with two attached hydrogens (primary N) is 1. The van der Waals surface area contributed by atoms with Crippen molar-refractivity contribution in [1.82, 2.24) is 14.7 Å². The molecule has 6 heteroatoms. The first-order chi connectivity index (χ1) is 9.52. The van der Waals surface area contributed by atoms with Crippen molar-refractivity contribution in [2.45, 2.75) is 20.0 Å². The zero-order chi connectivity index (χ0) is 14.7. The number of carbonyl (C=O) groups excluding carboxylic acids is 1. The van der Waals surface area contributed by atoms with Gasteiger partial charge in [-0.05, 0) is 24.6 Å². The van der Waals surface area contributed by atoms with E-state index in [1.165, 1.54) is 23.2 Å². The fourth-order valence-electron chi connectivity index (χ4n) is 2.04. The lowest BCUT2D eigenvalue weighted by Crippen LogP contribution is -2.29. The lowest BCUT2D eigenvalue weighted by molar-refractivity contribution is 0.0773. The maximum Gasteiger partial charge on any atom is 0.274 e. The summed E-state index contributed by atoms with van der Waals surface area (Å²) in [6.45, 7) is 2.76. The average Bonchev–Trinajstić information content (AvgIpc) is 2.79. The summed E-state index contributed by atoms with van der Waals surface area (Å²) in [5, 5.41) is 4.04. The van der Waals surface area contributed by atoms with Gasteiger partial charge in [-0.15, -0.1) is 0 Å². The van der Waals surface area contributed by atoms with Crippen molar-refractivity contribution in [3.63, 3.8) is 0 Å². The minimum absolute atomic E-state index is 0.230. The second-order valence-electron chi connectivity index (χ2n) is 4.56. The third-order valence-corrected chi connectivity index (χ3v) is 3.03. The normalized spacial score (nSPS) is 10.6. The Morgan fingerprint density at radius 1 is 1.50 bits per heavy atom. The lowest BCUT2D eigenvalue weighted by Gasteiger charge is -2.18. The van der Waals surface area contributed by atoms with E-state index in [1.807, 2.05) is 6.92 Å².